The third-order valence-corrected chi connectivity index (χ3v) is 5.26. The van der Waals surface area contributed by atoms with Crippen LogP contribution >= 0.6 is 24.2 Å². The number of anilines is 2. The molecule has 0 saturated heterocycles. The Bertz CT molecular complexity index is 1280. The molecule has 0 aliphatic rings. The fraction of sp³-hybridized carbons (Fsp3) is 0. The predicted octanol–water partition coefficient (Wildman–Crippen LogP) is 5.59. The van der Waals surface area contributed by atoms with Crippen molar-refractivity contribution in [1.29, 1.82) is 0 Å². The van der Waals surface area contributed by atoms with Gasteiger partial charge in [-0.25, -0.2) is 4.98 Å². The Hall–Kier alpha value is -3.68. The molecule has 2 amide bonds. The van der Waals surface area contributed by atoms with E-state index in [0.29, 0.717) is 22.1 Å². The van der Waals surface area contributed by atoms with Gasteiger partial charge in [-0.3, -0.25) is 14.6 Å². The molecule has 2 aromatic carbocycles. The van der Waals surface area contributed by atoms with Crippen molar-refractivity contribution in [1.82, 2.24) is 9.97 Å². The Morgan fingerprint density at radius 1 is 0.844 bits per heavy atom. The summed E-state index contributed by atoms with van der Waals surface area (Å²) in [4.78, 5) is 34.4. The van der Waals surface area contributed by atoms with E-state index in [2.05, 4.69) is 33.2 Å². The highest BCUT2D eigenvalue weighted by Gasteiger charge is 2.15. The third-order valence-electron chi connectivity index (χ3n) is 4.65. The lowest BCUT2D eigenvalue weighted by atomic mass is 10.0. The van der Waals surface area contributed by atoms with Crippen LogP contribution < -0.4 is 10.6 Å². The van der Waals surface area contributed by atoms with Gasteiger partial charge in [0, 0.05) is 29.0 Å². The molecule has 4 rings (SSSR count). The molecule has 0 radical (unpaired) electrons. The monoisotopic (exact) mass is 460 g/mol. The van der Waals surface area contributed by atoms with Gasteiger partial charge in [-0.2, -0.15) is 0 Å². The van der Waals surface area contributed by atoms with E-state index >= 15 is 0 Å². The summed E-state index contributed by atoms with van der Waals surface area (Å²) in [6.45, 7) is 0. The molecule has 4 aromatic rings. The summed E-state index contributed by atoms with van der Waals surface area (Å²) >= 11 is 10.3. The van der Waals surface area contributed by atoms with Gasteiger partial charge in [0.2, 0.25) is 0 Å². The Morgan fingerprint density at radius 3 is 2.34 bits per heavy atom. The highest BCUT2D eigenvalue weighted by molar-refractivity contribution is 7.80. The number of rotatable bonds is 5. The summed E-state index contributed by atoms with van der Waals surface area (Å²) in [5.74, 6) is -0.467. The van der Waals surface area contributed by atoms with Crippen molar-refractivity contribution in [3.8, 4) is 11.1 Å². The first kappa shape index (κ1) is 21.5. The van der Waals surface area contributed by atoms with Gasteiger partial charge in [-0.05, 0) is 47.5 Å². The lowest BCUT2D eigenvalue weighted by molar-refractivity contribution is 0.102. The average molecular weight is 461 g/mol. The number of nitrogens with one attached hydrogen (secondary N) is 2. The summed E-state index contributed by atoms with van der Waals surface area (Å²) in [5, 5.41) is 5.90. The lowest BCUT2D eigenvalue weighted by Gasteiger charge is -2.11. The summed E-state index contributed by atoms with van der Waals surface area (Å²) in [6.07, 6.45) is 4.31. The number of pyridine rings is 2. The summed E-state index contributed by atoms with van der Waals surface area (Å²) in [5.41, 5.74) is 2.92. The molecule has 0 aliphatic heterocycles. The van der Waals surface area contributed by atoms with Crippen LogP contribution in [0.2, 0.25) is 5.02 Å². The van der Waals surface area contributed by atoms with E-state index in [1.165, 1.54) is 18.6 Å². The standard InChI is InChI=1S/C24H17ClN4O2S/c25-17-9-10-22(27-13-17)29-24(31)19-14-26-12-11-20(19)28-23(30)16-7-5-15(6-8-16)18-3-1-2-4-21(18)32/h1-14,32H,(H,26,28,30)(H,27,29,31). The van der Waals surface area contributed by atoms with E-state index in [4.69, 9.17) is 11.6 Å². The molecule has 0 unspecified atom stereocenters. The predicted molar refractivity (Wildman–Crippen MR) is 129 cm³/mol. The van der Waals surface area contributed by atoms with Crippen molar-refractivity contribution in [3.05, 3.63) is 101 Å². The lowest BCUT2D eigenvalue weighted by Crippen LogP contribution is -2.19. The topological polar surface area (TPSA) is 84.0 Å². The maximum atomic E-state index is 12.8. The van der Waals surface area contributed by atoms with Crippen LogP contribution in [-0.4, -0.2) is 21.8 Å². The Balaban J connectivity index is 1.51. The highest BCUT2D eigenvalue weighted by Crippen LogP contribution is 2.26. The second-order valence-corrected chi connectivity index (χ2v) is 7.70. The number of amides is 2. The number of hydrogen-bond acceptors (Lipinski definition) is 5. The molecule has 32 heavy (non-hydrogen) atoms. The van der Waals surface area contributed by atoms with Gasteiger partial charge in [-0.15, -0.1) is 12.6 Å². The van der Waals surface area contributed by atoms with E-state index in [-0.39, 0.29) is 11.5 Å². The molecule has 0 bridgehead atoms. The zero-order valence-corrected chi connectivity index (χ0v) is 18.3. The Labute approximate surface area is 195 Å². The quantitative estimate of drug-likeness (QED) is 0.339. The highest BCUT2D eigenvalue weighted by atomic mass is 35.5. The zero-order valence-electron chi connectivity index (χ0n) is 16.6. The van der Waals surface area contributed by atoms with Gasteiger partial charge in [0.15, 0.2) is 0 Å². The number of benzene rings is 2. The molecular weight excluding hydrogens is 444 g/mol. The van der Waals surface area contributed by atoms with Crippen LogP contribution in [0, 0.1) is 0 Å². The Kier molecular flexibility index (Phi) is 6.49. The second kappa shape index (κ2) is 9.64. The normalized spacial score (nSPS) is 10.4. The first-order valence-electron chi connectivity index (χ1n) is 9.58. The molecule has 6 nitrogen and oxygen atoms in total. The molecule has 8 heteroatoms. The molecule has 0 spiro atoms. The van der Waals surface area contributed by atoms with E-state index in [1.807, 2.05) is 36.4 Å². The Morgan fingerprint density at radius 2 is 1.62 bits per heavy atom. The van der Waals surface area contributed by atoms with Gasteiger partial charge >= 0.3 is 0 Å². The van der Waals surface area contributed by atoms with E-state index in [9.17, 15) is 9.59 Å². The molecule has 0 aliphatic carbocycles. The summed E-state index contributed by atoms with van der Waals surface area (Å²) in [7, 11) is 0. The van der Waals surface area contributed by atoms with Crippen LogP contribution in [-0.2, 0) is 0 Å². The van der Waals surface area contributed by atoms with Crippen molar-refractivity contribution in [2.75, 3.05) is 10.6 Å². The number of carbonyl (C=O) groups excluding carboxylic acids is 2. The number of hydrogen-bond donors (Lipinski definition) is 3. The van der Waals surface area contributed by atoms with Crippen molar-refractivity contribution < 1.29 is 9.59 Å². The van der Waals surface area contributed by atoms with Crippen LogP contribution in [0.15, 0.2) is 90.2 Å². The van der Waals surface area contributed by atoms with E-state index in [0.717, 1.165) is 16.0 Å². The van der Waals surface area contributed by atoms with Crippen LogP contribution in [0.1, 0.15) is 20.7 Å². The number of halogens is 1. The maximum Gasteiger partial charge on any atom is 0.260 e. The van der Waals surface area contributed by atoms with Crippen LogP contribution in [0.4, 0.5) is 11.5 Å². The van der Waals surface area contributed by atoms with Gasteiger partial charge < -0.3 is 10.6 Å². The van der Waals surface area contributed by atoms with Crippen LogP contribution in [0.25, 0.3) is 11.1 Å². The molecule has 2 aromatic heterocycles. The van der Waals surface area contributed by atoms with Crippen LogP contribution in [0.3, 0.4) is 0 Å². The molecule has 2 heterocycles. The SMILES string of the molecule is O=C(Nc1ccncc1C(=O)Nc1ccc(Cl)cn1)c1ccc(-c2ccccc2S)cc1. The molecule has 0 saturated carbocycles. The first-order valence-corrected chi connectivity index (χ1v) is 10.4. The van der Waals surface area contributed by atoms with E-state index in [1.54, 1.807) is 30.3 Å². The van der Waals surface area contributed by atoms with Crippen molar-refractivity contribution >= 4 is 47.5 Å². The summed E-state index contributed by atoms with van der Waals surface area (Å²) in [6, 6.07) is 19.7. The third kappa shape index (κ3) is 4.96. The smallest absolute Gasteiger partial charge is 0.260 e. The fourth-order valence-corrected chi connectivity index (χ4v) is 3.43. The summed E-state index contributed by atoms with van der Waals surface area (Å²) < 4.78 is 0. The fourth-order valence-electron chi connectivity index (χ4n) is 3.03. The van der Waals surface area contributed by atoms with Crippen molar-refractivity contribution in [2.45, 2.75) is 4.90 Å². The van der Waals surface area contributed by atoms with Crippen molar-refractivity contribution in [3.63, 3.8) is 0 Å². The number of aromatic nitrogens is 2. The second-order valence-electron chi connectivity index (χ2n) is 6.79. The van der Waals surface area contributed by atoms with E-state index < -0.39 is 5.91 Å². The van der Waals surface area contributed by atoms with Gasteiger partial charge in [-0.1, -0.05) is 41.9 Å². The minimum absolute atomic E-state index is 0.207. The number of thiol groups is 1. The van der Waals surface area contributed by atoms with Crippen LogP contribution in [0.5, 0.6) is 0 Å². The van der Waals surface area contributed by atoms with Crippen molar-refractivity contribution in [2.24, 2.45) is 0 Å². The van der Waals surface area contributed by atoms with Gasteiger partial charge in [0.1, 0.15) is 5.82 Å². The average Bonchev–Trinajstić information content (AvgIpc) is 2.81. The first-order chi connectivity index (χ1) is 15.5. The minimum atomic E-state index is -0.455. The van der Waals surface area contributed by atoms with Gasteiger partial charge in [0.05, 0.1) is 16.3 Å². The van der Waals surface area contributed by atoms with Gasteiger partial charge in [0.25, 0.3) is 11.8 Å². The zero-order chi connectivity index (χ0) is 22.5. The molecular formula is C24H17ClN4O2S. The molecule has 158 valence electrons. The largest absolute Gasteiger partial charge is 0.321 e. The molecule has 2 N–H and O–H groups in total. The minimum Gasteiger partial charge on any atom is -0.321 e. The molecule has 0 fully saturated rings. The number of carbonyl (C=O) groups is 2. The molecule has 0 atom stereocenters. The maximum absolute atomic E-state index is 12.8. The number of nitrogens with zero attached hydrogens (tertiary/aromatic N) is 2.